The molecule has 1 aromatic rings. The van der Waals surface area contributed by atoms with E-state index < -0.39 is 11.2 Å². The highest BCUT2D eigenvalue weighted by Gasteiger charge is 2.37. The first-order chi connectivity index (χ1) is 8.88. The molecule has 0 spiro atoms. The minimum absolute atomic E-state index is 0.236. The summed E-state index contributed by atoms with van der Waals surface area (Å²) in [7, 11) is 0. The Bertz CT molecular complexity index is 414. The number of halogens is 3. The van der Waals surface area contributed by atoms with Crippen molar-refractivity contribution in [3.8, 4) is 0 Å². The lowest BCUT2D eigenvalue weighted by Crippen LogP contribution is -2.29. The molecule has 2 rings (SSSR count). The van der Waals surface area contributed by atoms with Gasteiger partial charge in [-0.1, -0.05) is 20.3 Å². The van der Waals surface area contributed by atoms with E-state index in [1.165, 1.54) is 6.20 Å². The Morgan fingerprint density at radius 1 is 1.42 bits per heavy atom. The predicted molar refractivity (Wildman–Crippen MR) is 70.3 cm³/mol. The van der Waals surface area contributed by atoms with E-state index in [9.17, 15) is 13.2 Å². The fourth-order valence-corrected chi connectivity index (χ4v) is 3.64. The molecule has 0 bridgehead atoms. The first-order valence-corrected chi connectivity index (χ1v) is 7.46. The SMILES string of the molecule is CC(C)NCC1CCCC1c1cnc(C(F)(F)F)s1. The average Bonchev–Trinajstić information content (AvgIpc) is 2.93. The van der Waals surface area contributed by atoms with Crippen molar-refractivity contribution < 1.29 is 13.2 Å². The molecule has 1 fully saturated rings. The first kappa shape index (κ1) is 14.8. The summed E-state index contributed by atoms with van der Waals surface area (Å²) in [6.07, 6.45) is 0.265. The van der Waals surface area contributed by atoms with Crippen molar-refractivity contribution in [2.45, 2.75) is 51.2 Å². The molecule has 0 aromatic carbocycles. The number of thiazole rings is 1. The van der Waals surface area contributed by atoms with E-state index in [4.69, 9.17) is 0 Å². The van der Waals surface area contributed by atoms with Gasteiger partial charge in [0.1, 0.15) is 0 Å². The summed E-state index contributed by atoms with van der Waals surface area (Å²) in [5.41, 5.74) is 0. The van der Waals surface area contributed by atoms with Crippen molar-refractivity contribution >= 4 is 11.3 Å². The lowest BCUT2D eigenvalue weighted by molar-refractivity contribution is -0.137. The van der Waals surface area contributed by atoms with Crippen LogP contribution in [0.4, 0.5) is 13.2 Å². The van der Waals surface area contributed by atoms with Crippen molar-refractivity contribution in [1.29, 1.82) is 0 Å². The third-order valence-electron chi connectivity index (χ3n) is 3.58. The summed E-state index contributed by atoms with van der Waals surface area (Å²) in [4.78, 5) is 4.33. The lowest BCUT2D eigenvalue weighted by Gasteiger charge is -2.20. The molecule has 0 amide bonds. The van der Waals surface area contributed by atoms with Crippen LogP contribution in [0, 0.1) is 5.92 Å². The first-order valence-electron chi connectivity index (χ1n) is 6.64. The molecule has 1 N–H and O–H groups in total. The van der Waals surface area contributed by atoms with E-state index in [0.717, 1.165) is 42.0 Å². The molecule has 6 heteroatoms. The lowest BCUT2D eigenvalue weighted by atomic mass is 9.95. The molecule has 1 heterocycles. The molecule has 0 radical (unpaired) electrons. The fraction of sp³-hybridized carbons (Fsp3) is 0.769. The number of hydrogen-bond donors (Lipinski definition) is 1. The van der Waals surface area contributed by atoms with Crippen molar-refractivity contribution in [3.05, 3.63) is 16.1 Å². The smallest absolute Gasteiger partial charge is 0.314 e. The molecule has 1 aliphatic rings. The van der Waals surface area contributed by atoms with Gasteiger partial charge in [0.2, 0.25) is 0 Å². The van der Waals surface area contributed by atoms with Crippen molar-refractivity contribution in [2.75, 3.05) is 6.54 Å². The summed E-state index contributed by atoms with van der Waals surface area (Å²) in [6, 6.07) is 0.411. The Kier molecular flexibility index (Phi) is 4.50. The molecular weight excluding hydrogens is 273 g/mol. The van der Waals surface area contributed by atoms with Gasteiger partial charge in [-0.15, -0.1) is 11.3 Å². The van der Waals surface area contributed by atoms with Gasteiger partial charge in [-0.2, -0.15) is 13.2 Å². The van der Waals surface area contributed by atoms with Gasteiger partial charge in [-0.3, -0.25) is 0 Å². The van der Waals surface area contributed by atoms with Crippen LogP contribution in [0.2, 0.25) is 0 Å². The van der Waals surface area contributed by atoms with Gasteiger partial charge in [0.25, 0.3) is 0 Å². The van der Waals surface area contributed by atoms with E-state index in [0.29, 0.717) is 12.0 Å². The van der Waals surface area contributed by atoms with Crippen LogP contribution in [-0.4, -0.2) is 17.6 Å². The van der Waals surface area contributed by atoms with Crippen molar-refractivity contribution in [2.24, 2.45) is 5.92 Å². The summed E-state index contributed by atoms with van der Waals surface area (Å²) in [5, 5.41) is 2.67. The second-order valence-corrected chi connectivity index (χ2v) is 6.49. The predicted octanol–water partition coefficient (Wildman–Crippen LogP) is 4.04. The van der Waals surface area contributed by atoms with Crippen LogP contribution in [0.15, 0.2) is 6.20 Å². The zero-order valence-electron chi connectivity index (χ0n) is 11.1. The van der Waals surface area contributed by atoms with E-state index in [1.54, 1.807) is 0 Å². The third-order valence-corrected chi connectivity index (χ3v) is 4.75. The Morgan fingerprint density at radius 2 is 2.16 bits per heavy atom. The van der Waals surface area contributed by atoms with Crippen LogP contribution in [0.25, 0.3) is 0 Å². The van der Waals surface area contributed by atoms with Crippen LogP contribution in [0.3, 0.4) is 0 Å². The standard InChI is InChI=1S/C13H19F3N2S/c1-8(2)17-6-9-4-3-5-10(9)11-7-18-12(19-11)13(14,15)16/h7-10,17H,3-6H2,1-2H3. The van der Waals surface area contributed by atoms with Crippen molar-refractivity contribution in [1.82, 2.24) is 10.3 Å². The molecule has 0 aliphatic heterocycles. The monoisotopic (exact) mass is 292 g/mol. The molecule has 108 valence electrons. The summed E-state index contributed by atoms with van der Waals surface area (Å²) in [5.74, 6) is 0.670. The van der Waals surface area contributed by atoms with E-state index >= 15 is 0 Å². The minimum atomic E-state index is -4.31. The molecular formula is C13H19F3N2S. The zero-order valence-corrected chi connectivity index (χ0v) is 11.9. The normalized spacial score (nSPS) is 24.3. The van der Waals surface area contributed by atoms with E-state index in [-0.39, 0.29) is 5.92 Å². The van der Waals surface area contributed by atoms with Crippen molar-refractivity contribution in [3.63, 3.8) is 0 Å². The maximum atomic E-state index is 12.6. The Labute approximate surface area is 115 Å². The summed E-state index contributed by atoms with van der Waals surface area (Å²) >= 11 is 0.811. The molecule has 19 heavy (non-hydrogen) atoms. The van der Waals surface area contributed by atoms with Crippen LogP contribution in [0.5, 0.6) is 0 Å². The quantitative estimate of drug-likeness (QED) is 0.906. The minimum Gasteiger partial charge on any atom is -0.314 e. The number of hydrogen-bond acceptors (Lipinski definition) is 3. The maximum Gasteiger partial charge on any atom is 0.443 e. The largest absolute Gasteiger partial charge is 0.443 e. The molecule has 0 saturated heterocycles. The van der Waals surface area contributed by atoms with E-state index in [2.05, 4.69) is 24.1 Å². The van der Waals surface area contributed by atoms with Gasteiger partial charge in [0.15, 0.2) is 5.01 Å². The molecule has 1 aromatic heterocycles. The van der Waals surface area contributed by atoms with Gasteiger partial charge >= 0.3 is 6.18 Å². The second kappa shape index (κ2) is 5.79. The molecule has 2 atom stereocenters. The number of nitrogens with zero attached hydrogens (tertiary/aromatic N) is 1. The van der Waals surface area contributed by atoms with Crippen LogP contribution >= 0.6 is 11.3 Å². The van der Waals surface area contributed by atoms with Gasteiger partial charge in [-0.05, 0) is 31.2 Å². The summed E-state index contributed by atoms with van der Waals surface area (Å²) in [6.45, 7) is 5.04. The number of nitrogens with one attached hydrogen (secondary N) is 1. The summed E-state index contributed by atoms with van der Waals surface area (Å²) < 4.78 is 37.7. The number of alkyl halides is 3. The van der Waals surface area contributed by atoms with E-state index in [1.807, 2.05) is 0 Å². The van der Waals surface area contributed by atoms with Gasteiger partial charge in [0.05, 0.1) is 0 Å². The maximum absolute atomic E-state index is 12.6. The highest BCUT2D eigenvalue weighted by atomic mass is 32.1. The van der Waals surface area contributed by atoms with Crippen LogP contribution < -0.4 is 5.32 Å². The molecule has 1 saturated carbocycles. The second-order valence-electron chi connectivity index (χ2n) is 5.43. The fourth-order valence-electron chi connectivity index (χ4n) is 2.63. The topological polar surface area (TPSA) is 24.9 Å². The Hall–Kier alpha value is -0.620. The number of aromatic nitrogens is 1. The van der Waals surface area contributed by atoms with Gasteiger partial charge in [0, 0.05) is 17.1 Å². The molecule has 2 unspecified atom stereocenters. The Morgan fingerprint density at radius 3 is 2.74 bits per heavy atom. The number of rotatable bonds is 4. The molecule has 1 aliphatic carbocycles. The molecule has 2 nitrogen and oxygen atoms in total. The zero-order chi connectivity index (χ0) is 14.0. The highest BCUT2D eigenvalue weighted by Crippen LogP contribution is 2.43. The van der Waals surface area contributed by atoms with Crippen LogP contribution in [0.1, 0.15) is 48.9 Å². The Balaban J connectivity index is 2.05. The van der Waals surface area contributed by atoms with Gasteiger partial charge in [-0.25, -0.2) is 4.98 Å². The average molecular weight is 292 g/mol. The third kappa shape index (κ3) is 3.69. The van der Waals surface area contributed by atoms with Crippen LogP contribution in [-0.2, 0) is 6.18 Å². The van der Waals surface area contributed by atoms with Gasteiger partial charge < -0.3 is 5.32 Å². The highest BCUT2D eigenvalue weighted by molar-refractivity contribution is 7.11.